The van der Waals surface area contributed by atoms with Crippen molar-refractivity contribution >= 4 is 26.6 Å². The van der Waals surface area contributed by atoms with Crippen molar-refractivity contribution in [1.29, 1.82) is 0 Å². The van der Waals surface area contributed by atoms with Gasteiger partial charge in [0.05, 0.1) is 0 Å². The van der Waals surface area contributed by atoms with E-state index in [4.69, 9.17) is 0 Å². The standard InChI is InChI=1S/C14H17NO3S/c1-3-10(2)15-13-8-9-14(19(16,17)18)12-7-5-4-6-11(12)13/h4-10,15H,3H2,1-2H3,(H,16,17,18). The van der Waals surface area contributed by atoms with Crippen LogP contribution in [0.3, 0.4) is 0 Å². The molecular weight excluding hydrogens is 262 g/mol. The maximum absolute atomic E-state index is 11.4. The monoisotopic (exact) mass is 279 g/mol. The van der Waals surface area contributed by atoms with Crippen molar-refractivity contribution in [3.63, 3.8) is 0 Å². The molecule has 0 heterocycles. The highest BCUT2D eigenvalue weighted by Gasteiger charge is 2.15. The first-order valence-electron chi connectivity index (χ1n) is 6.19. The zero-order valence-electron chi connectivity index (χ0n) is 10.9. The lowest BCUT2D eigenvalue weighted by molar-refractivity contribution is 0.484. The molecule has 0 bridgehead atoms. The molecule has 0 aromatic heterocycles. The Labute approximate surface area is 113 Å². The van der Waals surface area contributed by atoms with Crippen LogP contribution in [0.25, 0.3) is 10.8 Å². The van der Waals surface area contributed by atoms with Crippen molar-refractivity contribution in [3.8, 4) is 0 Å². The van der Waals surface area contributed by atoms with Gasteiger partial charge >= 0.3 is 0 Å². The Morgan fingerprint density at radius 1 is 1.16 bits per heavy atom. The molecule has 4 nitrogen and oxygen atoms in total. The first-order valence-corrected chi connectivity index (χ1v) is 7.63. The van der Waals surface area contributed by atoms with Gasteiger partial charge in [-0.25, -0.2) is 0 Å². The average molecular weight is 279 g/mol. The summed E-state index contributed by atoms with van der Waals surface area (Å²) in [5.74, 6) is 0. The third-order valence-electron chi connectivity index (χ3n) is 3.18. The third-order valence-corrected chi connectivity index (χ3v) is 4.09. The summed E-state index contributed by atoms with van der Waals surface area (Å²) in [5, 5.41) is 4.65. The summed E-state index contributed by atoms with van der Waals surface area (Å²) in [4.78, 5) is -0.0576. The SMILES string of the molecule is CCC(C)Nc1ccc(S(=O)(=O)O)c2ccccc12. The molecule has 2 N–H and O–H groups in total. The van der Waals surface area contributed by atoms with Gasteiger partial charge in [-0.05, 0) is 25.5 Å². The molecule has 0 spiro atoms. The van der Waals surface area contributed by atoms with Crippen molar-refractivity contribution in [2.75, 3.05) is 5.32 Å². The molecule has 0 fully saturated rings. The lowest BCUT2D eigenvalue weighted by Gasteiger charge is -2.16. The highest BCUT2D eigenvalue weighted by Crippen LogP contribution is 2.29. The zero-order chi connectivity index (χ0) is 14.0. The second-order valence-corrected chi connectivity index (χ2v) is 5.98. The maximum atomic E-state index is 11.4. The van der Waals surface area contributed by atoms with Gasteiger partial charge in [-0.2, -0.15) is 8.42 Å². The van der Waals surface area contributed by atoms with E-state index in [9.17, 15) is 13.0 Å². The summed E-state index contributed by atoms with van der Waals surface area (Å²) in [6, 6.07) is 10.6. The molecule has 0 saturated heterocycles. The molecule has 0 aliphatic carbocycles. The Morgan fingerprint density at radius 2 is 1.79 bits per heavy atom. The molecule has 0 aliphatic rings. The molecule has 1 unspecified atom stereocenters. The van der Waals surface area contributed by atoms with E-state index < -0.39 is 10.1 Å². The smallest absolute Gasteiger partial charge is 0.295 e. The van der Waals surface area contributed by atoms with E-state index in [-0.39, 0.29) is 4.90 Å². The topological polar surface area (TPSA) is 66.4 Å². The van der Waals surface area contributed by atoms with Gasteiger partial charge in [0.1, 0.15) is 4.90 Å². The van der Waals surface area contributed by atoms with E-state index in [2.05, 4.69) is 19.2 Å². The molecule has 5 heteroatoms. The second kappa shape index (κ2) is 5.19. The number of nitrogens with one attached hydrogen (secondary N) is 1. The predicted octanol–water partition coefficient (Wildman–Crippen LogP) is 3.30. The van der Waals surface area contributed by atoms with E-state index in [1.807, 2.05) is 12.1 Å². The van der Waals surface area contributed by atoms with Gasteiger partial charge in [0, 0.05) is 22.5 Å². The summed E-state index contributed by atoms with van der Waals surface area (Å²) in [6.45, 7) is 4.14. The number of rotatable bonds is 4. The van der Waals surface area contributed by atoms with Gasteiger partial charge in [0.25, 0.3) is 10.1 Å². The Kier molecular flexibility index (Phi) is 3.78. The van der Waals surface area contributed by atoms with E-state index in [0.717, 1.165) is 17.5 Å². The number of anilines is 1. The molecule has 2 aromatic rings. The molecule has 0 radical (unpaired) electrons. The third kappa shape index (κ3) is 2.88. The van der Waals surface area contributed by atoms with Gasteiger partial charge in [-0.3, -0.25) is 4.55 Å². The molecule has 2 rings (SSSR count). The van der Waals surface area contributed by atoms with Crippen LogP contribution < -0.4 is 5.32 Å². The van der Waals surface area contributed by atoms with Gasteiger partial charge < -0.3 is 5.32 Å². The highest BCUT2D eigenvalue weighted by molar-refractivity contribution is 7.86. The molecule has 0 amide bonds. The van der Waals surface area contributed by atoms with Gasteiger partial charge in [0.15, 0.2) is 0 Å². The number of hydrogen-bond donors (Lipinski definition) is 2. The summed E-state index contributed by atoms with van der Waals surface area (Å²) in [5.41, 5.74) is 0.873. The summed E-state index contributed by atoms with van der Waals surface area (Å²) < 4.78 is 32.0. The van der Waals surface area contributed by atoms with E-state index in [1.165, 1.54) is 6.07 Å². The van der Waals surface area contributed by atoms with Gasteiger partial charge in [0.2, 0.25) is 0 Å². The fraction of sp³-hybridized carbons (Fsp3) is 0.286. The molecule has 0 aliphatic heterocycles. The number of fused-ring (bicyclic) bond motifs is 1. The first kappa shape index (κ1) is 13.8. The van der Waals surface area contributed by atoms with Crippen LogP contribution in [0, 0.1) is 0 Å². The Morgan fingerprint density at radius 3 is 2.37 bits per heavy atom. The molecular formula is C14H17NO3S. The van der Waals surface area contributed by atoms with E-state index in [1.54, 1.807) is 18.2 Å². The lowest BCUT2D eigenvalue weighted by atomic mass is 10.1. The predicted molar refractivity (Wildman–Crippen MR) is 77.1 cm³/mol. The average Bonchev–Trinajstić information content (AvgIpc) is 2.37. The molecule has 0 saturated carbocycles. The largest absolute Gasteiger partial charge is 0.382 e. The highest BCUT2D eigenvalue weighted by atomic mass is 32.2. The van der Waals surface area contributed by atoms with Crippen LogP contribution in [0.15, 0.2) is 41.3 Å². The van der Waals surface area contributed by atoms with Crippen molar-refractivity contribution in [2.24, 2.45) is 0 Å². The summed E-state index contributed by atoms with van der Waals surface area (Å²) in [6.07, 6.45) is 0.967. The lowest BCUT2D eigenvalue weighted by Crippen LogP contribution is -2.13. The van der Waals surface area contributed by atoms with Crippen LogP contribution in [0.2, 0.25) is 0 Å². The fourth-order valence-electron chi connectivity index (χ4n) is 1.99. The van der Waals surface area contributed by atoms with Crippen LogP contribution >= 0.6 is 0 Å². The fourth-order valence-corrected chi connectivity index (χ4v) is 2.69. The Hall–Kier alpha value is -1.59. The van der Waals surface area contributed by atoms with Crippen molar-refractivity contribution in [2.45, 2.75) is 31.2 Å². The quantitative estimate of drug-likeness (QED) is 0.843. The van der Waals surface area contributed by atoms with Gasteiger partial charge in [-0.15, -0.1) is 0 Å². The first-order chi connectivity index (χ1) is 8.93. The van der Waals surface area contributed by atoms with Crippen molar-refractivity contribution in [3.05, 3.63) is 36.4 Å². The minimum absolute atomic E-state index is 0.0576. The maximum Gasteiger partial charge on any atom is 0.295 e. The zero-order valence-corrected chi connectivity index (χ0v) is 11.7. The van der Waals surface area contributed by atoms with Crippen LogP contribution in [0.4, 0.5) is 5.69 Å². The van der Waals surface area contributed by atoms with E-state index in [0.29, 0.717) is 11.4 Å². The Balaban J connectivity index is 2.65. The Bertz CT molecular complexity index is 695. The van der Waals surface area contributed by atoms with E-state index >= 15 is 0 Å². The summed E-state index contributed by atoms with van der Waals surface area (Å²) in [7, 11) is -4.21. The molecule has 102 valence electrons. The molecule has 19 heavy (non-hydrogen) atoms. The molecule has 1 atom stereocenters. The normalized spacial score (nSPS) is 13.4. The minimum atomic E-state index is -4.21. The van der Waals surface area contributed by atoms with Crippen molar-refractivity contribution < 1.29 is 13.0 Å². The second-order valence-electron chi connectivity index (χ2n) is 4.59. The van der Waals surface area contributed by atoms with Crippen LogP contribution in [0.5, 0.6) is 0 Å². The molecule has 2 aromatic carbocycles. The minimum Gasteiger partial charge on any atom is -0.382 e. The van der Waals surface area contributed by atoms with Gasteiger partial charge in [-0.1, -0.05) is 31.2 Å². The van der Waals surface area contributed by atoms with Crippen LogP contribution in [-0.2, 0) is 10.1 Å². The number of hydrogen-bond acceptors (Lipinski definition) is 3. The van der Waals surface area contributed by atoms with Crippen molar-refractivity contribution in [1.82, 2.24) is 0 Å². The van der Waals surface area contributed by atoms with Crippen LogP contribution in [0.1, 0.15) is 20.3 Å². The van der Waals surface area contributed by atoms with Crippen LogP contribution in [-0.4, -0.2) is 19.0 Å². The number of benzene rings is 2. The summed E-state index contributed by atoms with van der Waals surface area (Å²) >= 11 is 0.